The van der Waals surface area contributed by atoms with E-state index in [1.165, 1.54) is 18.2 Å². The maximum Gasteiger partial charge on any atom is 0.146 e. The topological polar surface area (TPSA) is 12.0 Å². The summed E-state index contributed by atoms with van der Waals surface area (Å²) in [6.07, 6.45) is 0. The lowest BCUT2D eigenvalue weighted by Gasteiger charge is -2.22. The summed E-state index contributed by atoms with van der Waals surface area (Å²) in [6, 6.07) is 7.44. The largest absolute Gasteiger partial charge is 0.309 e. The van der Waals surface area contributed by atoms with Crippen LogP contribution in [0.2, 0.25) is 5.02 Å². The van der Waals surface area contributed by atoms with E-state index in [4.69, 9.17) is 11.6 Å². The molecule has 0 heterocycles. The first-order chi connectivity index (χ1) is 9.45. The maximum atomic E-state index is 14.2. The van der Waals surface area contributed by atoms with Gasteiger partial charge in [-0.2, -0.15) is 0 Å². The van der Waals surface area contributed by atoms with Crippen molar-refractivity contribution in [3.63, 3.8) is 0 Å². The van der Waals surface area contributed by atoms with Gasteiger partial charge < -0.3 is 5.32 Å². The average molecular weight is 296 g/mol. The van der Waals surface area contributed by atoms with E-state index in [1.807, 2.05) is 13.8 Å². The molecule has 0 aliphatic carbocycles. The van der Waals surface area contributed by atoms with Crippen LogP contribution in [-0.4, -0.2) is 7.05 Å². The molecule has 0 bridgehead atoms. The van der Waals surface area contributed by atoms with E-state index in [0.717, 1.165) is 16.7 Å². The molecule has 1 nitrogen and oxygen atoms in total. The molecule has 0 spiro atoms. The Morgan fingerprint density at radius 1 is 1.10 bits per heavy atom. The zero-order valence-electron chi connectivity index (χ0n) is 11.6. The first-order valence-corrected chi connectivity index (χ1v) is 6.71. The second-order valence-corrected chi connectivity index (χ2v) is 5.23. The molecule has 0 radical (unpaired) electrons. The van der Waals surface area contributed by atoms with Gasteiger partial charge in [-0.3, -0.25) is 0 Å². The van der Waals surface area contributed by atoms with Gasteiger partial charge in [0.15, 0.2) is 0 Å². The summed E-state index contributed by atoms with van der Waals surface area (Å²) in [6.45, 7) is 3.64. The minimum absolute atomic E-state index is 0.0835. The second kappa shape index (κ2) is 5.90. The van der Waals surface area contributed by atoms with Crippen molar-refractivity contribution in [1.29, 1.82) is 0 Å². The van der Waals surface area contributed by atoms with Crippen molar-refractivity contribution in [2.24, 2.45) is 0 Å². The number of benzene rings is 2. The Morgan fingerprint density at radius 2 is 1.70 bits per heavy atom. The van der Waals surface area contributed by atoms with Crippen molar-refractivity contribution in [2.75, 3.05) is 7.05 Å². The molecule has 0 saturated heterocycles. The van der Waals surface area contributed by atoms with Gasteiger partial charge in [0.2, 0.25) is 0 Å². The number of hydrogen-bond donors (Lipinski definition) is 1. The molecule has 1 atom stereocenters. The molecule has 106 valence electrons. The SMILES string of the molecule is CNC(c1cccc(Cl)c1F)c1c(C)cc(F)cc1C. The normalized spacial score (nSPS) is 12.5. The molecule has 0 fully saturated rings. The molecule has 0 aromatic heterocycles. The van der Waals surface area contributed by atoms with Crippen molar-refractivity contribution < 1.29 is 8.78 Å². The molecular formula is C16H16ClF2N. The summed E-state index contributed by atoms with van der Waals surface area (Å²) >= 11 is 5.84. The van der Waals surface area contributed by atoms with Crippen LogP contribution in [0.5, 0.6) is 0 Å². The van der Waals surface area contributed by atoms with Crippen molar-refractivity contribution >= 4 is 11.6 Å². The van der Waals surface area contributed by atoms with Gasteiger partial charge in [-0.25, -0.2) is 8.78 Å². The zero-order valence-corrected chi connectivity index (χ0v) is 12.4. The van der Waals surface area contributed by atoms with Crippen LogP contribution in [0.3, 0.4) is 0 Å². The van der Waals surface area contributed by atoms with E-state index in [2.05, 4.69) is 5.32 Å². The summed E-state index contributed by atoms with van der Waals surface area (Å²) in [7, 11) is 1.74. The maximum absolute atomic E-state index is 14.2. The molecule has 1 unspecified atom stereocenters. The Bertz CT molecular complexity index is 617. The van der Waals surface area contributed by atoms with Crippen molar-refractivity contribution in [2.45, 2.75) is 19.9 Å². The molecule has 2 aromatic carbocycles. The first-order valence-electron chi connectivity index (χ1n) is 6.33. The lowest BCUT2D eigenvalue weighted by Crippen LogP contribution is -2.21. The number of halogens is 3. The average Bonchev–Trinajstić information content (AvgIpc) is 2.37. The number of nitrogens with one attached hydrogen (secondary N) is 1. The number of aryl methyl sites for hydroxylation is 2. The summed E-state index contributed by atoms with van der Waals surface area (Å²) in [5.41, 5.74) is 2.88. The van der Waals surface area contributed by atoms with Gasteiger partial charge in [0.25, 0.3) is 0 Å². The van der Waals surface area contributed by atoms with Crippen molar-refractivity contribution in [1.82, 2.24) is 5.32 Å². The van der Waals surface area contributed by atoms with Gasteiger partial charge in [-0.05, 0) is 55.8 Å². The van der Waals surface area contributed by atoms with Gasteiger partial charge in [-0.15, -0.1) is 0 Å². The molecule has 0 aliphatic heterocycles. The molecule has 0 amide bonds. The Labute approximate surface area is 122 Å². The van der Waals surface area contributed by atoms with E-state index >= 15 is 0 Å². The fraction of sp³-hybridized carbons (Fsp3) is 0.250. The van der Waals surface area contributed by atoms with E-state index in [1.54, 1.807) is 19.2 Å². The van der Waals surface area contributed by atoms with Crippen LogP contribution in [0.1, 0.15) is 28.3 Å². The number of rotatable bonds is 3. The van der Waals surface area contributed by atoms with Crippen molar-refractivity contribution in [3.05, 3.63) is 69.2 Å². The van der Waals surface area contributed by atoms with Crippen LogP contribution in [-0.2, 0) is 0 Å². The first kappa shape index (κ1) is 14.9. The smallest absolute Gasteiger partial charge is 0.146 e. The fourth-order valence-electron chi connectivity index (χ4n) is 2.58. The lowest BCUT2D eigenvalue weighted by atomic mass is 9.91. The third kappa shape index (κ3) is 2.69. The lowest BCUT2D eigenvalue weighted by molar-refractivity contribution is 0.572. The summed E-state index contributed by atoms with van der Waals surface area (Å²) < 4.78 is 27.6. The van der Waals surface area contributed by atoms with Crippen LogP contribution >= 0.6 is 11.6 Å². The quantitative estimate of drug-likeness (QED) is 0.876. The third-order valence-corrected chi connectivity index (χ3v) is 3.72. The summed E-state index contributed by atoms with van der Waals surface area (Å²) in [5, 5.41) is 3.17. The minimum Gasteiger partial charge on any atom is -0.309 e. The highest BCUT2D eigenvalue weighted by atomic mass is 35.5. The highest BCUT2D eigenvalue weighted by Crippen LogP contribution is 2.32. The predicted octanol–water partition coefficient (Wildman–Crippen LogP) is 4.54. The molecule has 4 heteroatoms. The van der Waals surface area contributed by atoms with Crippen LogP contribution in [0.25, 0.3) is 0 Å². The van der Waals surface area contributed by atoms with Crippen molar-refractivity contribution in [3.8, 4) is 0 Å². The monoisotopic (exact) mass is 295 g/mol. The van der Waals surface area contributed by atoms with Crippen LogP contribution in [0.15, 0.2) is 30.3 Å². The molecule has 2 rings (SSSR count). The summed E-state index contributed by atoms with van der Waals surface area (Å²) in [4.78, 5) is 0. The molecular weight excluding hydrogens is 280 g/mol. The van der Waals surface area contributed by atoms with Gasteiger partial charge in [0.05, 0.1) is 11.1 Å². The Kier molecular flexibility index (Phi) is 4.41. The molecule has 2 aromatic rings. The van der Waals surface area contributed by atoms with Gasteiger partial charge in [0, 0.05) is 5.56 Å². The van der Waals surface area contributed by atoms with E-state index < -0.39 is 5.82 Å². The Morgan fingerprint density at radius 3 is 2.25 bits per heavy atom. The second-order valence-electron chi connectivity index (χ2n) is 4.82. The zero-order chi connectivity index (χ0) is 14.9. The Balaban J connectivity index is 2.62. The molecule has 1 N–H and O–H groups in total. The Hall–Kier alpha value is -1.45. The third-order valence-electron chi connectivity index (χ3n) is 3.43. The van der Waals surface area contributed by atoms with E-state index in [-0.39, 0.29) is 16.9 Å². The van der Waals surface area contributed by atoms with E-state index in [9.17, 15) is 8.78 Å². The minimum atomic E-state index is -0.448. The molecule has 0 aliphatic rings. The standard InChI is InChI=1S/C16H16ClF2N/c1-9-7-11(18)8-10(2)14(9)16(20-3)12-5-4-6-13(17)15(12)19/h4-8,16,20H,1-3H3. The van der Waals surface area contributed by atoms with Crippen LogP contribution in [0, 0.1) is 25.5 Å². The van der Waals surface area contributed by atoms with E-state index in [0.29, 0.717) is 5.56 Å². The molecule has 20 heavy (non-hydrogen) atoms. The van der Waals surface area contributed by atoms with Gasteiger partial charge in [0.1, 0.15) is 11.6 Å². The predicted molar refractivity (Wildman–Crippen MR) is 78.2 cm³/mol. The van der Waals surface area contributed by atoms with Gasteiger partial charge >= 0.3 is 0 Å². The van der Waals surface area contributed by atoms with Crippen LogP contribution in [0.4, 0.5) is 8.78 Å². The highest BCUT2D eigenvalue weighted by molar-refractivity contribution is 6.30. The summed E-state index contributed by atoms with van der Waals surface area (Å²) in [5.74, 6) is -0.734. The number of hydrogen-bond acceptors (Lipinski definition) is 1. The molecule has 0 saturated carbocycles. The highest BCUT2D eigenvalue weighted by Gasteiger charge is 2.21. The van der Waals surface area contributed by atoms with Gasteiger partial charge in [-0.1, -0.05) is 23.7 Å². The fourth-order valence-corrected chi connectivity index (χ4v) is 2.76. The van der Waals surface area contributed by atoms with Crippen LogP contribution < -0.4 is 5.32 Å².